The van der Waals surface area contributed by atoms with E-state index in [0.717, 1.165) is 23.9 Å². The van der Waals surface area contributed by atoms with Crippen molar-refractivity contribution in [3.05, 3.63) is 52.1 Å². The summed E-state index contributed by atoms with van der Waals surface area (Å²) in [5.74, 6) is -0.0812. The molecule has 24 heavy (non-hydrogen) atoms. The van der Waals surface area contributed by atoms with Gasteiger partial charge in [-0.3, -0.25) is 4.79 Å². The Kier molecular flexibility index (Phi) is 6.01. The topological polar surface area (TPSA) is 42.0 Å². The van der Waals surface area contributed by atoms with Gasteiger partial charge in [0.25, 0.3) is 0 Å². The molecule has 0 spiro atoms. The number of nitrogens with one attached hydrogen (secondary N) is 1. The highest BCUT2D eigenvalue weighted by molar-refractivity contribution is 8.00. The number of alkyl halides is 3. The van der Waals surface area contributed by atoms with Gasteiger partial charge >= 0.3 is 6.18 Å². The molecule has 0 radical (unpaired) electrons. The molecule has 2 rings (SSSR count). The number of rotatable bonds is 4. The maximum Gasteiger partial charge on any atom is 0.417 e. The monoisotopic (exact) mass is 394 g/mol. The molecular formula is C15H11Cl2F3N2OS. The van der Waals surface area contributed by atoms with Crippen molar-refractivity contribution in [1.82, 2.24) is 4.98 Å². The molecule has 2 aromatic rings. The largest absolute Gasteiger partial charge is 0.417 e. The van der Waals surface area contributed by atoms with E-state index in [1.54, 1.807) is 13.0 Å². The molecule has 0 saturated heterocycles. The van der Waals surface area contributed by atoms with Crippen LogP contribution >= 0.6 is 35.0 Å². The molecule has 1 atom stereocenters. The highest BCUT2D eigenvalue weighted by Gasteiger charge is 2.33. The second-order valence-electron chi connectivity index (χ2n) is 4.75. The van der Waals surface area contributed by atoms with Gasteiger partial charge in [0.05, 0.1) is 20.9 Å². The molecule has 3 nitrogen and oxygen atoms in total. The molecule has 0 aliphatic heterocycles. The Labute approximate surface area is 150 Å². The SMILES string of the molecule is C[C@@H](Sc1ccc(Cl)c(C(F)(F)F)c1)C(=O)Nc1ccc(Cl)cn1. The molecule has 128 valence electrons. The van der Waals surface area contributed by atoms with Crippen molar-refractivity contribution < 1.29 is 18.0 Å². The zero-order chi connectivity index (χ0) is 17.9. The van der Waals surface area contributed by atoms with Crippen LogP contribution in [0.4, 0.5) is 19.0 Å². The van der Waals surface area contributed by atoms with Crippen LogP contribution in [0, 0.1) is 0 Å². The van der Waals surface area contributed by atoms with Crippen molar-refractivity contribution >= 4 is 46.7 Å². The molecule has 0 unspecified atom stereocenters. The highest BCUT2D eigenvalue weighted by Crippen LogP contribution is 2.37. The maximum atomic E-state index is 12.9. The van der Waals surface area contributed by atoms with E-state index in [1.807, 2.05) is 0 Å². The van der Waals surface area contributed by atoms with Crippen LogP contribution in [0.25, 0.3) is 0 Å². The summed E-state index contributed by atoms with van der Waals surface area (Å²) >= 11 is 12.3. The van der Waals surface area contributed by atoms with Crippen molar-refractivity contribution in [3.63, 3.8) is 0 Å². The first-order valence-corrected chi connectivity index (χ1v) is 8.26. The molecule has 9 heteroatoms. The van der Waals surface area contributed by atoms with Crippen LogP contribution in [-0.2, 0) is 11.0 Å². The number of amides is 1. The molecule has 1 N–H and O–H groups in total. The fourth-order valence-corrected chi connectivity index (χ4v) is 2.97. The number of thioether (sulfide) groups is 1. The van der Waals surface area contributed by atoms with Crippen molar-refractivity contribution in [2.45, 2.75) is 23.2 Å². The molecule has 1 aromatic heterocycles. The van der Waals surface area contributed by atoms with Gasteiger partial charge in [0.15, 0.2) is 0 Å². The average molecular weight is 395 g/mol. The summed E-state index contributed by atoms with van der Waals surface area (Å²) in [4.78, 5) is 16.3. The Balaban J connectivity index is 2.07. The Morgan fingerprint density at radius 2 is 1.96 bits per heavy atom. The summed E-state index contributed by atoms with van der Waals surface area (Å²) in [6.07, 6.45) is -3.17. The molecule has 0 fully saturated rings. The lowest BCUT2D eigenvalue weighted by atomic mass is 10.2. The third-order valence-corrected chi connectivity index (χ3v) is 4.55. The fourth-order valence-electron chi connectivity index (χ4n) is 1.73. The van der Waals surface area contributed by atoms with E-state index in [-0.39, 0.29) is 5.02 Å². The van der Waals surface area contributed by atoms with Crippen molar-refractivity contribution in [3.8, 4) is 0 Å². The third kappa shape index (κ3) is 5.03. The number of aromatic nitrogens is 1. The molecule has 0 aliphatic carbocycles. The normalized spacial score (nSPS) is 12.8. The van der Waals surface area contributed by atoms with E-state index in [9.17, 15) is 18.0 Å². The van der Waals surface area contributed by atoms with Crippen LogP contribution < -0.4 is 5.32 Å². The lowest BCUT2D eigenvalue weighted by Gasteiger charge is -2.14. The summed E-state index contributed by atoms with van der Waals surface area (Å²) in [6, 6.07) is 6.63. The number of hydrogen-bond acceptors (Lipinski definition) is 3. The number of benzene rings is 1. The number of hydrogen-bond donors (Lipinski definition) is 1. The van der Waals surface area contributed by atoms with Gasteiger partial charge in [-0.25, -0.2) is 4.98 Å². The highest BCUT2D eigenvalue weighted by atomic mass is 35.5. The number of pyridine rings is 1. The van der Waals surface area contributed by atoms with Crippen LogP contribution in [0.3, 0.4) is 0 Å². The van der Waals surface area contributed by atoms with E-state index in [2.05, 4.69) is 10.3 Å². The van der Waals surface area contributed by atoms with Crippen molar-refractivity contribution in [2.24, 2.45) is 0 Å². The zero-order valence-corrected chi connectivity index (χ0v) is 14.5. The van der Waals surface area contributed by atoms with Crippen LogP contribution in [0.1, 0.15) is 12.5 Å². The second kappa shape index (κ2) is 7.63. The Morgan fingerprint density at radius 3 is 2.54 bits per heavy atom. The summed E-state index contributed by atoms with van der Waals surface area (Å²) in [6.45, 7) is 1.58. The number of anilines is 1. The lowest BCUT2D eigenvalue weighted by molar-refractivity contribution is -0.137. The van der Waals surface area contributed by atoms with E-state index in [4.69, 9.17) is 23.2 Å². The predicted molar refractivity (Wildman–Crippen MR) is 89.6 cm³/mol. The molecular weight excluding hydrogens is 384 g/mol. The minimum absolute atomic E-state index is 0.290. The van der Waals surface area contributed by atoms with Gasteiger partial charge in [-0.15, -0.1) is 11.8 Å². The van der Waals surface area contributed by atoms with Crippen LogP contribution in [0.15, 0.2) is 41.4 Å². The molecule has 1 amide bonds. The Bertz CT molecular complexity index is 738. The van der Waals surface area contributed by atoms with E-state index >= 15 is 0 Å². The maximum absolute atomic E-state index is 12.9. The standard InChI is InChI=1S/C15H11Cl2F3N2OS/c1-8(14(23)22-13-5-2-9(16)7-21-13)24-10-3-4-12(17)11(6-10)15(18,19)20/h2-8H,1H3,(H,21,22,23)/t8-/m1/s1. The van der Waals surface area contributed by atoms with E-state index in [0.29, 0.717) is 15.7 Å². The zero-order valence-electron chi connectivity index (χ0n) is 12.2. The Morgan fingerprint density at radius 1 is 1.25 bits per heavy atom. The number of nitrogens with zero attached hydrogens (tertiary/aromatic N) is 1. The van der Waals surface area contributed by atoms with Gasteiger partial charge in [-0.1, -0.05) is 23.2 Å². The van der Waals surface area contributed by atoms with Gasteiger partial charge in [0.1, 0.15) is 5.82 Å². The number of carbonyl (C=O) groups is 1. The van der Waals surface area contributed by atoms with Gasteiger partial charge in [0, 0.05) is 11.1 Å². The summed E-state index contributed by atoms with van der Waals surface area (Å²) in [7, 11) is 0. The lowest BCUT2D eigenvalue weighted by Crippen LogP contribution is -2.22. The number of carbonyl (C=O) groups excluding carboxylic acids is 1. The third-order valence-electron chi connectivity index (χ3n) is 2.90. The van der Waals surface area contributed by atoms with Crippen molar-refractivity contribution in [2.75, 3.05) is 5.32 Å². The summed E-state index contributed by atoms with van der Waals surface area (Å²) in [5.41, 5.74) is -0.929. The summed E-state index contributed by atoms with van der Waals surface area (Å²) in [5, 5.41) is 1.98. The fraction of sp³-hybridized carbons (Fsp3) is 0.200. The quantitative estimate of drug-likeness (QED) is 0.693. The number of halogens is 5. The van der Waals surface area contributed by atoms with Crippen LogP contribution in [0.5, 0.6) is 0 Å². The van der Waals surface area contributed by atoms with E-state index < -0.39 is 22.9 Å². The Hall–Kier alpha value is -1.44. The van der Waals surface area contributed by atoms with Crippen LogP contribution in [-0.4, -0.2) is 16.1 Å². The van der Waals surface area contributed by atoms with Crippen LogP contribution in [0.2, 0.25) is 10.0 Å². The molecule has 1 heterocycles. The van der Waals surface area contributed by atoms with E-state index in [1.165, 1.54) is 18.3 Å². The predicted octanol–water partition coefficient (Wildman–Crippen LogP) is 5.53. The average Bonchev–Trinajstić information content (AvgIpc) is 2.50. The molecule has 0 aliphatic rings. The molecule has 0 bridgehead atoms. The molecule has 0 saturated carbocycles. The van der Waals surface area contributed by atoms with Gasteiger partial charge < -0.3 is 5.32 Å². The van der Waals surface area contributed by atoms with Gasteiger partial charge in [0.2, 0.25) is 5.91 Å². The minimum atomic E-state index is -4.55. The van der Waals surface area contributed by atoms with Gasteiger partial charge in [-0.05, 0) is 37.3 Å². The minimum Gasteiger partial charge on any atom is -0.310 e. The first-order chi connectivity index (χ1) is 11.2. The smallest absolute Gasteiger partial charge is 0.310 e. The first-order valence-electron chi connectivity index (χ1n) is 6.62. The van der Waals surface area contributed by atoms with Gasteiger partial charge in [-0.2, -0.15) is 13.2 Å². The van der Waals surface area contributed by atoms with Crippen molar-refractivity contribution in [1.29, 1.82) is 0 Å². The molecule has 1 aromatic carbocycles. The second-order valence-corrected chi connectivity index (χ2v) is 7.01. The first kappa shape index (κ1) is 18.9. The summed E-state index contributed by atoms with van der Waals surface area (Å²) < 4.78 is 38.6.